The van der Waals surface area contributed by atoms with E-state index in [1.807, 2.05) is 0 Å². The molecule has 3 aromatic rings. The summed E-state index contributed by atoms with van der Waals surface area (Å²) in [5.41, 5.74) is 0. The van der Waals surface area contributed by atoms with Crippen LogP contribution in [0, 0.1) is 20.2 Å². The Hall–Kier alpha value is -3.70. The van der Waals surface area contributed by atoms with Gasteiger partial charge in [-0.05, 0) is 19.8 Å². The summed E-state index contributed by atoms with van der Waals surface area (Å²) in [6, 6.07) is 1.48. The molecule has 0 atom stereocenters. The van der Waals surface area contributed by atoms with Crippen LogP contribution in [0.25, 0.3) is 11.6 Å². The molecule has 0 unspecified atom stereocenters. The molecule has 12 nitrogen and oxygen atoms in total. The quantitative estimate of drug-likeness (QED) is 0.504. The number of hydrogen-bond donors (Lipinski definition) is 0. The van der Waals surface area contributed by atoms with E-state index in [1.165, 1.54) is 46.6 Å². The number of imidazole rings is 2. The fourth-order valence-electron chi connectivity index (χ4n) is 1.68. The topological polar surface area (TPSA) is 148 Å². The molecule has 0 aliphatic carbocycles. The predicted molar refractivity (Wildman–Crippen MR) is 69.6 cm³/mol. The summed E-state index contributed by atoms with van der Waals surface area (Å²) >= 11 is 0. The summed E-state index contributed by atoms with van der Waals surface area (Å²) in [5.74, 6) is 0.000711. The van der Waals surface area contributed by atoms with Gasteiger partial charge < -0.3 is 20.2 Å². The first-order valence-corrected chi connectivity index (χ1v) is 5.74. The Labute approximate surface area is 121 Å². The molecule has 0 saturated heterocycles. The van der Waals surface area contributed by atoms with Crippen LogP contribution in [0.5, 0.6) is 0 Å². The average molecular weight is 302 g/mol. The molecule has 0 radical (unpaired) electrons. The highest BCUT2D eigenvalue weighted by molar-refractivity contribution is 5.35. The number of nitrogens with zero attached hydrogens (tertiary/aromatic N) is 8. The van der Waals surface area contributed by atoms with E-state index in [0.29, 0.717) is 11.6 Å². The maximum absolute atomic E-state index is 10.6. The van der Waals surface area contributed by atoms with Crippen LogP contribution in [0.4, 0.5) is 11.6 Å². The maximum atomic E-state index is 10.6. The zero-order valence-electron chi connectivity index (χ0n) is 10.7. The summed E-state index contributed by atoms with van der Waals surface area (Å²) in [7, 11) is 0. The van der Waals surface area contributed by atoms with Crippen molar-refractivity contribution >= 4 is 11.6 Å². The lowest BCUT2D eigenvalue weighted by molar-refractivity contribution is -0.389. The van der Waals surface area contributed by atoms with Gasteiger partial charge in [-0.25, -0.2) is 9.97 Å². The molecule has 22 heavy (non-hydrogen) atoms. The van der Waals surface area contributed by atoms with Crippen LogP contribution >= 0.6 is 0 Å². The normalized spacial score (nSPS) is 10.5. The average Bonchev–Trinajstić information content (AvgIpc) is 3.17. The summed E-state index contributed by atoms with van der Waals surface area (Å²) in [5, 5.41) is 21.2. The number of aromatic nitrogens is 6. The highest BCUT2D eigenvalue weighted by Crippen LogP contribution is 2.15. The second kappa shape index (κ2) is 5.01. The van der Waals surface area contributed by atoms with Gasteiger partial charge in [0, 0.05) is 6.07 Å². The fraction of sp³-hybridized carbons (Fsp3) is 0. The Morgan fingerprint density at radius 1 is 0.818 bits per heavy atom. The first-order chi connectivity index (χ1) is 10.5. The molecule has 3 heterocycles. The smallest absolute Gasteiger partial charge is 0.358 e. The maximum Gasteiger partial charge on any atom is 0.381 e. The zero-order chi connectivity index (χ0) is 15.7. The van der Waals surface area contributed by atoms with E-state index in [0.717, 1.165) is 0 Å². The van der Waals surface area contributed by atoms with Crippen molar-refractivity contribution in [1.29, 1.82) is 0 Å². The molecule has 0 bridgehead atoms. The van der Waals surface area contributed by atoms with E-state index in [9.17, 15) is 20.2 Å². The molecule has 0 saturated carbocycles. The summed E-state index contributed by atoms with van der Waals surface area (Å²) in [4.78, 5) is 35.2. The van der Waals surface area contributed by atoms with Gasteiger partial charge in [-0.3, -0.25) is 9.13 Å². The van der Waals surface area contributed by atoms with E-state index in [1.54, 1.807) is 0 Å². The molecular weight excluding hydrogens is 296 g/mol. The minimum absolute atomic E-state index is 0.321. The first kappa shape index (κ1) is 13.3. The molecule has 0 N–H and O–H groups in total. The van der Waals surface area contributed by atoms with Crippen molar-refractivity contribution < 1.29 is 9.85 Å². The minimum Gasteiger partial charge on any atom is -0.358 e. The third kappa shape index (κ3) is 2.35. The minimum atomic E-state index is -0.627. The van der Waals surface area contributed by atoms with Crippen molar-refractivity contribution in [1.82, 2.24) is 29.1 Å². The molecule has 0 aromatic carbocycles. The van der Waals surface area contributed by atoms with Crippen molar-refractivity contribution in [2.45, 2.75) is 0 Å². The Kier molecular flexibility index (Phi) is 3.02. The fourth-order valence-corrected chi connectivity index (χ4v) is 1.68. The first-order valence-electron chi connectivity index (χ1n) is 5.74. The Balaban J connectivity index is 1.97. The van der Waals surface area contributed by atoms with Gasteiger partial charge in [0.2, 0.25) is 12.7 Å². The van der Waals surface area contributed by atoms with Crippen LogP contribution in [-0.4, -0.2) is 38.9 Å². The number of rotatable bonds is 4. The van der Waals surface area contributed by atoms with Crippen molar-refractivity contribution in [2.75, 3.05) is 0 Å². The Morgan fingerprint density at radius 3 is 1.64 bits per heavy atom. The lowest BCUT2D eigenvalue weighted by Crippen LogP contribution is -2.00. The molecule has 0 fully saturated rings. The van der Waals surface area contributed by atoms with E-state index in [4.69, 9.17) is 0 Å². The highest BCUT2D eigenvalue weighted by Gasteiger charge is 2.14. The van der Waals surface area contributed by atoms with Gasteiger partial charge in [-0.15, -0.1) is 0 Å². The van der Waals surface area contributed by atoms with Gasteiger partial charge in [0.15, 0.2) is 0 Å². The van der Waals surface area contributed by atoms with Gasteiger partial charge in [-0.2, -0.15) is 0 Å². The largest absolute Gasteiger partial charge is 0.381 e. The standard InChI is InChI=1S/C10H6N8O4/c19-17(20)9-2-15(5-13-9)7-1-8(12-4-11-7)16-3-10(14-6-16)18(21)22/h1-6H. The van der Waals surface area contributed by atoms with Crippen LogP contribution in [0.3, 0.4) is 0 Å². The molecule has 110 valence electrons. The molecule has 0 amide bonds. The molecule has 12 heteroatoms. The predicted octanol–water partition coefficient (Wildman–Crippen LogP) is 0.664. The van der Waals surface area contributed by atoms with Crippen LogP contribution in [-0.2, 0) is 0 Å². The molecule has 0 spiro atoms. The highest BCUT2D eigenvalue weighted by atomic mass is 16.6. The van der Waals surface area contributed by atoms with E-state index >= 15 is 0 Å². The molecule has 3 aromatic heterocycles. The van der Waals surface area contributed by atoms with Crippen molar-refractivity contribution in [3.8, 4) is 11.6 Å². The monoisotopic (exact) mass is 302 g/mol. The summed E-state index contributed by atoms with van der Waals surface area (Å²) in [6.07, 6.45) is 6.09. The van der Waals surface area contributed by atoms with Crippen LogP contribution < -0.4 is 0 Å². The molecule has 0 aliphatic rings. The van der Waals surface area contributed by atoms with Crippen LogP contribution in [0.2, 0.25) is 0 Å². The number of nitro groups is 2. The van der Waals surface area contributed by atoms with E-state index in [-0.39, 0.29) is 11.6 Å². The van der Waals surface area contributed by atoms with Crippen LogP contribution in [0.1, 0.15) is 0 Å². The van der Waals surface area contributed by atoms with Crippen molar-refractivity contribution in [2.24, 2.45) is 0 Å². The van der Waals surface area contributed by atoms with Crippen molar-refractivity contribution in [3.05, 3.63) is 57.7 Å². The SMILES string of the molecule is O=[N+]([O-])c1cn(-c2cc(-n3cnc([N+](=O)[O-])c3)ncn2)cn1. The summed E-state index contributed by atoms with van der Waals surface area (Å²) < 4.78 is 2.68. The molecule has 3 rings (SSSR count). The third-order valence-corrected chi connectivity index (χ3v) is 2.68. The van der Waals surface area contributed by atoms with E-state index in [2.05, 4.69) is 19.9 Å². The van der Waals surface area contributed by atoms with E-state index < -0.39 is 9.85 Å². The Morgan fingerprint density at radius 2 is 1.27 bits per heavy atom. The van der Waals surface area contributed by atoms with Gasteiger partial charge >= 0.3 is 11.6 Å². The number of hydrogen-bond acceptors (Lipinski definition) is 8. The van der Waals surface area contributed by atoms with Gasteiger partial charge in [0.05, 0.1) is 0 Å². The summed E-state index contributed by atoms with van der Waals surface area (Å²) in [6.45, 7) is 0. The third-order valence-electron chi connectivity index (χ3n) is 2.68. The van der Waals surface area contributed by atoms with Gasteiger partial charge in [0.25, 0.3) is 0 Å². The second-order valence-corrected chi connectivity index (χ2v) is 4.03. The van der Waals surface area contributed by atoms with Crippen LogP contribution in [0.15, 0.2) is 37.4 Å². The van der Waals surface area contributed by atoms with Gasteiger partial charge in [0.1, 0.15) is 30.4 Å². The van der Waals surface area contributed by atoms with Crippen molar-refractivity contribution in [3.63, 3.8) is 0 Å². The molecule has 0 aliphatic heterocycles. The molecular formula is C10H6N8O4. The lowest BCUT2D eigenvalue weighted by atomic mass is 10.5. The van der Waals surface area contributed by atoms with Gasteiger partial charge in [-0.1, -0.05) is 0 Å². The Bertz CT molecular complexity index is 802. The second-order valence-electron chi connectivity index (χ2n) is 4.03. The zero-order valence-corrected chi connectivity index (χ0v) is 10.7. The lowest BCUT2D eigenvalue weighted by Gasteiger charge is -2.02.